The number of nitriles is 1. The lowest BCUT2D eigenvalue weighted by molar-refractivity contribution is -0.124. The van der Waals surface area contributed by atoms with Gasteiger partial charge in [-0.2, -0.15) is 5.26 Å². The molecule has 2 aliphatic rings. The molecule has 3 heteroatoms. The van der Waals surface area contributed by atoms with Crippen molar-refractivity contribution in [3.63, 3.8) is 0 Å². The summed E-state index contributed by atoms with van der Waals surface area (Å²) in [7, 11) is 0. The predicted octanol–water partition coefficient (Wildman–Crippen LogP) is 3.40. The molecule has 1 heterocycles. The van der Waals surface area contributed by atoms with Gasteiger partial charge in [-0.25, -0.2) is 0 Å². The van der Waals surface area contributed by atoms with Crippen molar-refractivity contribution in [2.75, 3.05) is 13.2 Å². The number of ether oxygens (including phenoxy) is 1. The minimum atomic E-state index is -0.836. The molecule has 2 fully saturated rings. The molecule has 3 nitrogen and oxygen atoms in total. The maximum atomic E-state index is 11.1. The molecular formula is C18H23NO2. The maximum absolute atomic E-state index is 11.1. The van der Waals surface area contributed by atoms with E-state index in [1.54, 1.807) is 0 Å². The van der Waals surface area contributed by atoms with E-state index < -0.39 is 11.0 Å². The van der Waals surface area contributed by atoms with Crippen molar-refractivity contribution in [2.45, 2.75) is 50.0 Å². The normalized spacial score (nSPS) is 32.3. The standard InChI is InChI=1S/C18H23NO2/c19-14-17(10-12-21-13-11-17)18(20)8-6-16(7-9-18)15-4-2-1-3-5-15/h1-5,16,20H,6-13H2. The lowest BCUT2D eigenvalue weighted by Crippen LogP contribution is -2.52. The average Bonchev–Trinajstić information content (AvgIpc) is 2.57. The lowest BCUT2D eigenvalue weighted by atomic mass is 9.60. The zero-order valence-corrected chi connectivity index (χ0v) is 12.4. The van der Waals surface area contributed by atoms with Crippen LogP contribution in [0.5, 0.6) is 0 Å². The predicted molar refractivity (Wildman–Crippen MR) is 80.7 cm³/mol. The Morgan fingerprint density at radius 3 is 2.24 bits per heavy atom. The highest BCUT2D eigenvalue weighted by atomic mass is 16.5. The number of hydrogen-bond acceptors (Lipinski definition) is 3. The van der Waals surface area contributed by atoms with Crippen molar-refractivity contribution in [3.05, 3.63) is 35.9 Å². The number of aliphatic hydroxyl groups is 1. The van der Waals surface area contributed by atoms with Gasteiger partial charge < -0.3 is 9.84 Å². The summed E-state index contributed by atoms with van der Waals surface area (Å²) in [6.07, 6.45) is 4.70. The van der Waals surface area contributed by atoms with Gasteiger partial charge in [-0.05, 0) is 50.0 Å². The number of nitrogens with zero attached hydrogens (tertiary/aromatic N) is 1. The molecule has 1 aromatic carbocycles. The van der Waals surface area contributed by atoms with Crippen LogP contribution in [0.2, 0.25) is 0 Å². The van der Waals surface area contributed by atoms with Gasteiger partial charge in [0.2, 0.25) is 0 Å². The van der Waals surface area contributed by atoms with Crippen LogP contribution in [0.3, 0.4) is 0 Å². The zero-order chi connectivity index (χ0) is 14.8. The van der Waals surface area contributed by atoms with Crippen LogP contribution in [0.4, 0.5) is 0 Å². The minimum Gasteiger partial charge on any atom is -0.388 e. The van der Waals surface area contributed by atoms with Gasteiger partial charge in [0, 0.05) is 13.2 Å². The molecule has 0 radical (unpaired) electrons. The smallest absolute Gasteiger partial charge is 0.0903 e. The molecule has 1 N–H and O–H groups in total. The summed E-state index contributed by atoms with van der Waals surface area (Å²) >= 11 is 0. The fraction of sp³-hybridized carbons (Fsp3) is 0.611. The fourth-order valence-corrected chi connectivity index (χ4v) is 4.03. The molecule has 0 bridgehead atoms. The van der Waals surface area contributed by atoms with Crippen LogP contribution in [0.25, 0.3) is 0 Å². The van der Waals surface area contributed by atoms with E-state index in [4.69, 9.17) is 4.74 Å². The summed E-state index contributed by atoms with van der Waals surface area (Å²) in [6.45, 7) is 1.19. The van der Waals surface area contributed by atoms with Crippen molar-refractivity contribution < 1.29 is 9.84 Å². The van der Waals surface area contributed by atoms with E-state index in [-0.39, 0.29) is 0 Å². The minimum absolute atomic E-state index is 0.516. The molecule has 0 aromatic heterocycles. The van der Waals surface area contributed by atoms with Crippen LogP contribution in [0, 0.1) is 16.7 Å². The Balaban J connectivity index is 1.73. The molecule has 21 heavy (non-hydrogen) atoms. The second-order valence-electron chi connectivity index (χ2n) is 6.52. The van der Waals surface area contributed by atoms with Gasteiger partial charge in [0.15, 0.2) is 0 Å². The van der Waals surface area contributed by atoms with Crippen LogP contribution >= 0.6 is 0 Å². The Bertz CT molecular complexity index is 506. The first-order valence-electron chi connectivity index (χ1n) is 7.95. The van der Waals surface area contributed by atoms with Crippen LogP contribution < -0.4 is 0 Å². The first kappa shape index (κ1) is 14.6. The third-order valence-electron chi connectivity index (χ3n) is 5.53. The lowest BCUT2D eigenvalue weighted by Gasteiger charge is -2.48. The molecule has 0 spiro atoms. The Morgan fingerprint density at radius 2 is 1.67 bits per heavy atom. The van der Waals surface area contributed by atoms with E-state index in [0.29, 0.717) is 32.0 Å². The van der Waals surface area contributed by atoms with Crippen LogP contribution in [0.1, 0.15) is 50.0 Å². The van der Waals surface area contributed by atoms with Gasteiger partial charge in [-0.15, -0.1) is 0 Å². The van der Waals surface area contributed by atoms with Crippen molar-refractivity contribution in [1.82, 2.24) is 0 Å². The van der Waals surface area contributed by atoms with Crippen molar-refractivity contribution in [2.24, 2.45) is 5.41 Å². The summed E-state index contributed by atoms with van der Waals surface area (Å²) in [5, 5.41) is 20.8. The number of benzene rings is 1. The molecule has 0 unspecified atom stereocenters. The SMILES string of the molecule is N#CC1(C2(O)CCC(c3ccccc3)CC2)CCOCC1. The third kappa shape index (κ3) is 2.59. The topological polar surface area (TPSA) is 53.2 Å². The monoisotopic (exact) mass is 285 g/mol. The van der Waals surface area contributed by atoms with Gasteiger partial charge >= 0.3 is 0 Å². The fourth-order valence-electron chi connectivity index (χ4n) is 4.03. The average molecular weight is 285 g/mol. The van der Waals surface area contributed by atoms with Gasteiger partial charge in [-0.3, -0.25) is 0 Å². The second kappa shape index (κ2) is 5.79. The van der Waals surface area contributed by atoms with E-state index >= 15 is 0 Å². The Kier molecular flexibility index (Phi) is 4.01. The molecule has 1 saturated carbocycles. The highest BCUT2D eigenvalue weighted by Gasteiger charge is 2.52. The zero-order valence-electron chi connectivity index (χ0n) is 12.4. The molecule has 1 aliphatic carbocycles. The van der Waals surface area contributed by atoms with E-state index in [2.05, 4.69) is 30.3 Å². The van der Waals surface area contributed by atoms with Gasteiger partial charge in [0.05, 0.1) is 17.1 Å². The highest BCUT2D eigenvalue weighted by molar-refractivity contribution is 5.22. The first-order chi connectivity index (χ1) is 10.2. The molecule has 0 amide bonds. The molecule has 1 saturated heterocycles. The van der Waals surface area contributed by atoms with Crippen LogP contribution in [-0.4, -0.2) is 23.9 Å². The van der Waals surface area contributed by atoms with Crippen molar-refractivity contribution in [3.8, 4) is 6.07 Å². The van der Waals surface area contributed by atoms with E-state index in [1.807, 2.05) is 6.07 Å². The van der Waals surface area contributed by atoms with E-state index in [0.717, 1.165) is 25.7 Å². The van der Waals surface area contributed by atoms with Crippen LogP contribution in [0.15, 0.2) is 30.3 Å². The van der Waals surface area contributed by atoms with E-state index in [1.165, 1.54) is 5.56 Å². The summed E-state index contributed by atoms with van der Waals surface area (Å²) in [6, 6.07) is 13.0. The number of hydrogen-bond donors (Lipinski definition) is 1. The molecule has 1 aliphatic heterocycles. The largest absolute Gasteiger partial charge is 0.388 e. The molecule has 112 valence electrons. The first-order valence-corrected chi connectivity index (χ1v) is 7.95. The maximum Gasteiger partial charge on any atom is 0.0903 e. The summed E-state index contributed by atoms with van der Waals surface area (Å²) in [4.78, 5) is 0. The van der Waals surface area contributed by atoms with Gasteiger partial charge in [0.25, 0.3) is 0 Å². The van der Waals surface area contributed by atoms with Gasteiger partial charge in [-0.1, -0.05) is 30.3 Å². The molecule has 1 aromatic rings. The second-order valence-corrected chi connectivity index (χ2v) is 6.52. The van der Waals surface area contributed by atoms with Gasteiger partial charge in [0.1, 0.15) is 0 Å². The quantitative estimate of drug-likeness (QED) is 0.906. The Hall–Kier alpha value is -1.37. The molecular weight excluding hydrogens is 262 g/mol. The highest BCUT2D eigenvalue weighted by Crippen LogP contribution is 2.50. The van der Waals surface area contributed by atoms with Crippen molar-refractivity contribution in [1.29, 1.82) is 5.26 Å². The summed E-state index contributed by atoms with van der Waals surface area (Å²) in [5.74, 6) is 0.516. The third-order valence-corrected chi connectivity index (χ3v) is 5.53. The summed E-state index contributed by atoms with van der Waals surface area (Å²) < 4.78 is 5.39. The molecule has 3 rings (SSSR count). The van der Waals surface area contributed by atoms with Crippen molar-refractivity contribution >= 4 is 0 Å². The molecule has 0 atom stereocenters. The summed E-state index contributed by atoms with van der Waals surface area (Å²) in [5.41, 5.74) is -0.0819. The Morgan fingerprint density at radius 1 is 1.05 bits per heavy atom. The van der Waals surface area contributed by atoms with E-state index in [9.17, 15) is 10.4 Å². The van der Waals surface area contributed by atoms with Crippen LogP contribution in [-0.2, 0) is 4.74 Å². The Labute approximate surface area is 126 Å². The number of rotatable bonds is 2.